The third-order valence-electron chi connectivity index (χ3n) is 2.47. The molecule has 4 nitrogen and oxygen atoms in total. The van der Waals surface area contributed by atoms with Gasteiger partial charge < -0.3 is 10.0 Å². The van der Waals surface area contributed by atoms with E-state index >= 15 is 0 Å². The molecule has 1 N–H and O–H groups in total. The molecule has 0 amide bonds. The first-order valence-corrected chi connectivity index (χ1v) is 5.51. The molecule has 1 aromatic carbocycles. The van der Waals surface area contributed by atoms with Gasteiger partial charge in [0.2, 0.25) is 0 Å². The first kappa shape index (κ1) is 13.2. The van der Waals surface area contributed by atoms with Crippen LogP contribution < -0.4 is 0 Å². The molecule has 0 saturated heterocycles. The van der Waals surface area contributed by atoms with E-state index in [9.17, 15) is 4.79 Å². The van der Waals surface area contributed by atoms with E-state index in [-0.39, 0.29) is 6.42 Å². The van der Waals surface area contributed by atoms with E-state index in [1.54, 1.807) is 12.1 Å². The maximum Gasteiger partial charge on any atom is 0.303 e. The van der Waals surface area contributed by atoms with Crippen molar-refractivity contribution in [2.24, 2.45) is 0 Å². The van der Waals surface area contributed by atoms with Gasteiger partial charge in [-0.25, -0.2) is 0 Å². The van der Waals surface area contributed by atoms with Gasteiger partial charge in [0.05, 0.1) is 11.6 Å². The Morgan fingerprint density at radius 1 is 1.41 bits per heavy atom. The molecule has 0 fully saturated rings. The summed E-state index contributed by atoms with van der Waals surface area (Å²) < 4.78 is 0. The highest BCUT2D eigenvalue weighted by Crippen LogP contribution is 2.06. The van der Waals surface area contributed by atoms with E-state index in [2.05, 4.69) is 11.0 Å². The number of carbonyl (C=O) groups is 1. The number of hydrogen-bond acceptors (Lipinski definition) is 3. The van der Waals surface area contributed by atoms with Crippen LogP contribution in [0.1, 0.15) is 24.0 Å². The second-order valence-electron chi connectivity index (χ2n) is 4.04. The molecule has 4 heteroatoms. The summed E-state index contributed by atoms with van der Waals surface area (Å²) in [7, 11) is 1.96. The predicted molar refractivity (Wildman–Crippen MR) is 64.4 cm³/mol. The molecule has 0 unspecified atom stereocenters. The van der Waals surface area contributed by atoms with Crippen LogP contribution in [0, 0.1) is 11.3 Å². The number of nitrogens with zero attached hydrogens (tertiary/aromatic N) is 2. The number of benzene rings is 1. The van der Waals surface area contributed by atoms with Crippen molar-refractivity contribution < 1.29 is 9.90 Å². The zero-order valence-electron chi connectivity index (χ0n) is 9.89. The van der Waals surface area contributed by atoms with Crippen LogP contribution in [0.15, 0.2) is 24.3 Å². The van der Waals surface area contributed by atoms with Crippen molar-refractivity contribution in [1.29, 1.82) is 5.26 Å². The number of hydrogen-bond donors (Lipinski definition) is 1. The Morgan fingerprint density at radius 3 is 2.59 bits per heavy atom. The van der Waals surface area contributed by atoms with Gasteiger partial charge in [0.15, 0.2) is 0 Å². The number of aliphatic carboxylic acids is 1. The number of rotatable bonds is 6. The van der Waals surface area contributed by atoms with E-state index in [0.29, 0.717) is 12.0 Å². The predicted octanol–water partition coefficient (Wildman–Crippen LogP) is 1.85. The minimum Gasteiger partial charge on any atom is -0.481 e. The van der Waals surface area contributed by atoms with Crippen molar-refractivity contribution in [2.45, 2.75) is 19.4 Å². The van der Waals surface area contributed by atoms with Gasteiger partial charge in [-0.05, 0) is 37.7 Å². The van der Waals surface area contributed by atoms with Gasteiger partial charge in [-0.3, -0.25) is 4.79 Å². The highest BCUT2D eigenvalue weighted by atomic mass is 16.4. The zero-order chi connectivity index (χ0) is 12.7. The molecule has 0 aliphatic heterocycles. The third kappa shape index (κ3) is 5.14. The second kappa shape index (κ2) is 6.66. The van der Waals surface area contributed by atoms with E-state index < -0.39 is 5.97 Å². The van der Waals surface area contributed by atoms with Crippen molar-refractivity contribution in [1.82, 2.24) is 4.90 Å². The highest BCUT2D eigenvalue weighted by Gasteiger charge is 2.02. The minimum absolute atomic E-state index is 0.206. The van der Waals surface area contributed by atoms with Crippen molar-refractivity contribution in [3.8, 4) is 6.07 Å². The lowest BCUT2D eigenvalue weighted by Gasteiger charge is -2.15. The first-order valence-electron chi connectivity index (χ1n) is 5.51. The fraction of sp³-hybridized carbons (Fsp3) is 0.385. The van der Waals surface area contributed by atoms with E-state index in [1.807, 2.05) is 19.2 Å². The van der Waals surface area contributed by atoms with Crippen molar-refractivity contribution in [2.75, 3.05) is 13.6 Å². The summed E-state index contributed by atoms with van der Waals surface area (Å²) in [5.41, 5.74) is 1.78. The number of carboxylic acid groups (broad SMARTS) is 1. The van der Waals surface area contributed by atoms with Crippen LogP contribution in [0.3, 0.4) is 0 Å². The van der Waals surface area contributed by atoms with Gasteiger partial charge in [0.25, 0.3) is 0 Å². The number of carboxylic acids is 1. The lowest BCUT2D eigenvalue weighted by molar-refractivity contribution is -0.137. The van der Waals surface area contributed by atoms with Gasteiger partial charge in [0.1, 0.15) is 0 Å². The summed E-state index contributed by atoms with van der Waals surface area (Å²) in [6, 6.07) is 9.51. The van der Waals surface area contributed by atoms with Gasteiger partial charge in [-0.1, -0.05) is 12.1 Å². The Bertz CT molecular complexity index is 406. The number of nitriles is 1. The van der Waals surface area contributed by atoms with Gasteiger partial charge in [0, 0.05) is 13.0 Å². The molecule has 0 aromatic heterocycles. The second-order valence-corrected chi connectivity index (χ2v) is 4.04. The molecule has 0 atom stereocenters. The summed E-state index contributed by atoms with van der Waals surface area (Å²) in [5.74, 6) is -0.753. The molecule has 0 radical (unpaired) electrons. The zero-order valence-corrected chi connectivity index (χ0v) is 9.89. The maximum absolute atomic E-state index is 10.4. The molecule has 0 bridgehead atoms. The van der Waals surface area contributed by atoms with Gasteiger partial charge in [-0.15, -0.1) is 0 Å². The van der Waals surface area contributed by atoms with Crippen LogP contribution >= 0.6 is 0 Å². The Morgan fingerprint density at radius 2 is 2.06 bits per heavy atom. The molecule has 0 heterocycles. The summed E-state index contributed by atoms with van der Waals surface area (Å²) in [4.78, 5) is 12.4. The normalized spacial score (nSPS) is 10.2. The van der Waals surface area contributed by atoms with Gasteiger partial charge in [-0.2, -0.15) is 5.26 Å². The molecular formula is C13H16N2O2. The summed E-state index contributed by atoms with van der Waals surface area (Å²) >= 11 is 0. The average molecular weight is 232 g/mol. The molecule has 0 spiro atoms. The van der Waals surface area contributed by atoms with Crippen molar-refractivity contribution in [3.63, 3.8) is 0 Å². The van der Waals surface area contributed by atoms with Crippen molar-refractivity contribution >= 4 is 5.97 Å². The summed E-state index contributed by atoms with van der Waals surface area (Å²) in [6.45, 7) is 1.53. The van der Waals surface area contributed by atoms with Crippen LogP contribution in [-0.2, 0) is 11.3 Å². The fourth-order valence-electron chi connectivity index (χ4n) is 1.58. The molecular weight excluding hydrogens is 216 g/mol. The first-order chi connectivity index (χ1) is 8.11. The fourth-order valence-corrected chi connectivity index (χ4v) is 1.58. The Labute approximate surface area is 101 Å². The van der Waals surface area contributed by atoms with Crippen LogP contribution in [0.4, 0.5) is 0 Å². The average Bonchev–Trinajstić information content (AvgIpc) is 2.29. The standard InChI is InChI=1S/C13H16N2O2/c1-15(8-2-3-13(16)17)10-12-6-4-11(9-14)5-7-12/h4-7H,2-3,8,10H2,1H3,(H,16,17). The van der Waals surface area contributed by atoms with Crippen molar-refractivity contribution in [3.05, 3.63) is 35.4 Å². The van der Waals surface area contributed by atoms with Crippen LogP contribution in [0.5, 0.6) is 0 Å². The lowest BCUT2D eigenvalue weighted by Crippen LogP contribution is -2.19. The topological polar surface area (TPSA) is 64.3 Å². The maximum atomic E-state index is 10.4. The Kier molecular flexibility index (Phi) is 5.18. The molecule has 0 aliphatic rings. The summed E-state index contributed by atoms with van der Waals surface area (Å²) in [5, 5.41) is 17.2. The van der Waals surface area contributed by atoms with Gasteiger partial charge >= 0.3 is 5.97 Å². The van der Waals surface area contributed by atoms with E-state index in [0.717, 1.165) is 18.7 Å². The largest absolute Gasteiger partial charge is 0.481 e. The molecule has 17 heavy (non-hydrogen) atoms. The highest BCUT2D eigenvalue weighted by molar-refractivity contribution is 5.66. The van der Waals surface area contributed by atoms with E-state index in [4.69, 9.17) is 10.4 Å². The van der Waals surface area contributed by atoms with Crippen LogP contribution in [-0.4, -0.2) is 29.6 Å². The smallest absolute Gasteiger partial charge is 0.303 e. The lowest BCUT2D eigenvalue weighted by atomic mass is 10.1. The molecule has 0 aliphatic carbocycles. The SMILES string of the molecule is CN(CCCC(=O)O)Cc1ccc(C#N)cc1. The molecule has 90 valence electrons. The molecule has 1 rings (SSSR count). The Hall–Kier alpha value is -1.86. The quantitative estimate of drug-likeness (QED) is 0.813. The summed E-state index contributed by atoms with van der Waals surface area (Å²) in [6.07, 6.45) is 0.861. The minimum atomic E-state index is -0.753. The third-order valence-corrected chi connectivity index (χ3v) is 2.47. The van der Waals surface area contributed by atoms with Crippen LogP contribution in [0.25, 0.3) is 0 Å². The Balaban J connectivity index is 2.37. The monoisotopic (exact) mass is 232 g/mol. The molecule has 1 aromatic rings. The van der Waals surface area contributed by atoms with E-state index in [1.165, 1.54) is 0 Å². The molecule has 0 saturated carbocycles. The van der Waals surface area contributed by atoms with Crippen LogP contribution in [0.2, 0.25) is 0 Å².